The van der Waals surface area contributed by atoms with Crippen LogP contribution in [0.2, 0.25) is 0 Å². The van der Waals surface area contributed by atoms with Gasteiger partial charge in [0.15, 0.2) is 0 Å². The van der Waals surface area contributed by atoms with E-state index in [0.29, 0.717) is 12.5 Å². The first kappa shape index (κ1) is 8.50. The van der Waals surface area contributed by atoms with Gasteiger partial charge in [-0.25, -0.2) is 0 Å². The van der Waals surface area contributed by atoms with E-state index in [-0.39, 0.29) is 6.61 Å². The summed E-state index contributed by atoms with van der Waals surface area (Å²) in [5.41, 5.74) is 0. The van der Waals surface area contributed by atoms with E-state index in [9.17, 15) is 0 Å². The molecule has 11 heavy (non-hydrogen) atoms. The Morgan fingerprint density at radius 3 is 3.00 bits per heavy atom. The quantitative estimate of drug-likeness (QED) is 0.583. The number of hydrogen-bond donors (Lipinski definition) is 2. The van der Waals surface area contributed by atoms with Gasteiger partial charge in [0.05, 0.1) is 6.61 Å². The smallest absolute Gasteiger partial charge is 0.0555 e. The van der Waals surface area contributed by atoms with Crippen LogP contribution in [-0.4, -0.2) is 24.8 Å². The highest BCUT2D eigenvalue weighted by Gasteiger charge is 2.02. The van der Waals surface area contributed by atoms with Crippen LogP contribution in [0.3, 0.4) is 0 Å². The van der Waals surface area contributed by atoms with E-state index < -0.39 is 0 Å². The minimum atomic E-state index is 0.228. The maximum atomic E-state index is 8.50. The highest BCUT2D eigenvalue weighted by molar-refractivity contribution is 5.11. The molecule has 0 fully saturated rings. The second-order valence-corrected chi connectivity index (χ2v) is 2.74. The number of hydrogen-bond acceptors (Lipinski definition) is 2. The van der Waals surface area contributed by atoms with E-state index in [0.717, 1.165) is 13.0 Å². The molecule has 0 spiro atoms. The Morgan fingerprint density at radius 1 is 1.45 bits per heavy atom. The van der Waals surface area contributed by atoms with Gasteiger partial charge in [0.25, 0.3) is 0 Å². The SMILES string of the molecule is OCCNCC1C=CC=CC1. The summed E-state index contributed by atoms with van der Waals surface area (Å²) in [5.74, 6) is 0.617. The predicted molar refractivity (Wildman–Crippen MR) is 46.3 cm³/mol. The molecule has 0 radical (unpaired) electrons. The maximum absolute atomic E-state index is 8.50. The average Bonchev–Trinajstić information content (AvgIpc) is 2.07. The molecule has 1 atom stereocenters. The van der Waals surface area contributed by atoms with Gasteiger partial charge in [0, 0.05) is 13.1 Å². The minimum Gasteiger partial charge on any atom is -0.395 e. The number of aliphatic hydroxyl groups is 1. The maximum Gasteiger partial charge on any atom is 0.0555 e. The Hall–Kier alpha value is -0.600. The second-order valence-electron chi connectivity index (χ2n) is 2.74. The first-order valence-corrected chi connectivity index (χ1v) is 4.08. The molecule has 2 N–H and O–H groups in total. The van der Waals surface area contributed by atoms with E-state index in [4.69, 9.17) is 5.11 Å². The number of rotatable bonds is 4. The largest absolute Gasteiger partial charge is 0.395 e. The van der Waals surface area contributed by atoms with Crippen LogP contribution in [0.25, 0.3) is 0 Å². The zero-order valence-electron chi connectivity index (χ0n) is 6.66. The molecule has 0 aromatic carbocycles. The van der Waals surface area contributed by atoms with Crippen LogP contribution in [0, 0.1) is 5.92 Å². The van der Waals surface area contributed by atoms with Crippen LogP contribution < -0.4 is 5.32 Å². The van der Waals surface area contributed by atoms with Crippen LogP contribution >= 0.6 is 0 Å². The van der Waals surface area contributed by atoms with Gasteiger partial charge in [0.1, 0.15) is 0 Å². The number of nitrogens with one attached hydrogen (secondary N) is 1. The Labute approximate surface area is 67.6 Å². The fourth-order valence-electron chi connectivity index (χ4n) is 1.15. The number of aliphatic hydroxyl groups excluding tert-OH is 1. The molecule has 2 heteroatoms. The lowest BCUT2D eigenvalue weighted by Gasteiger charge is -2.12. The van der Waals surface area contributed by atoms with E-state index in [1.165, 1.54) is 0 Å². The fraction of sp³-hybridized carbons (Fsp3) is 0.556. The average molecular weight is 153 g/mol. The highest BCUT2D eigenvalue weighted by atomic mass is 16.3. The zero-order valence-corrected chi connectivity index (χ0v) is 6.66. The molecule has 2 nitrogen and oxygen atoms in total. The summed E-state index contributed by atoms with van der Waals surface area (Å²) in [6.45, 7) is 1.90. The second kappa shape index (κ2) is 5.10. The van der Waals surface area contributed by atoms with Gasteiger partial charge < -0.3 is 10.4 Å². The van der Waals surface area contributed by atoms with Crippen molar-refractivity contribution >= 4 is 0 Å². The number of allylic oxidation sites excluding steroid dienone is 3. The van der Waals surface area contributed by atoms with Gasteiger partial charge in [-0.2, -0.15) is 0 Å². The van der Waals surface area contributed by atoms with Crippen molar-refractivity contribution in [3.63, 3.8) is 0 Å². The molecule has 0 amide bonds. The van der Waals surface area contributed by atoms with Crippen LogP contribution in [0.5, 0.6) is 0 Å². The van der Waals surface area contributed by atoms with Gasteiger partial charge in [-0.15, -0.1) is 0 Å². The molecular weight excluding hydrogens is 138 g/mol. The third-order valence-corrected chi connectivity index (χ3v) is 1.76. The topological polar surface area (TPSA) is 32.3 Å². The molecule has 0 aromatic heterocycles. The summed E-state index contributed by atoms with van der Waals surface area (Å²) in [4.78, 5) is 0. The van der Waals surface area contributed by atoms with Gasteiger partial charge in [-0.3, -0.25) is 0 Å². The lowest BCUT2D eigenvalue weighted by atomic mass is 10.0. The van der Waals surface area contributed by atoms with Gasteiger partial charge in [-0.1, -0.05) is 24.3 Å². The van der Waals surface area contributed by atoms with Crippen molar-refractivity contribution in [2.24, 2.45) is 5.92 Å². The summed E-state index contributed by atoms with van der Waals surface area (Å²) >= 11 is 0. The predicted octanol–water partition coefficient (Wildman–Crippen LogP) is 0.701. The summed E-state index contributed by atoms with van der Waals surface area (Å²) in [7, 11) is 0. The summed E-state index contributed by atoms with van der Waals surface area (Å²) < 4.78 is 0. The van der Waals surface area contributed by atoms with E-state index in [2.05, 4.69) is 29.6 Å². The molecule has 0 bridgehead atoms. The van der Waals surface area contributed by atoms with E-state index >= 15 is 0 Å². The van der Waals surface area contributed by atoms with Crippen molar-refractivity contribution in [3.8, 4) is 0 Å². The third-order valence-electron chi connectivity index (χ3n) is 1.76. The summed E-state index contributed by atoms with van der Waals surface area (Å²) in [6, 6.07) is 0. The molecule has 0 saturated heterocycles. The summed E-state index contributed by atoms with van der Waals surface area (Å²) in [5, 5.41) is 11.7. The lowest BCUT2D eigenvalue weighted by Crippen LogP contribution is -2.24. The summed E-state index contributed by atoms with van der Waals surface area (Å²) in [6.07, 6.45) is 9.64. The molecule has 1 unspecified atom stereocenters. The van der Waals surface area contributed by atoms with E-state index in [1.54, 1.807) is 0 Å². The Kier molecular flexibility index (Phi) is 3.94. The molecule has 1 aliphatic rings. The molecule has 0 aliphatic heterocycles. The Morgan fingerprint density at radius 2 is 2.36 bits per heavy atom. The van der Waals surface area contributed by atoms with Crippen LogP contribution in [0.1, 0.15) is 6.42 Å². The Balaban J connectivity index is 2.07. The van der Waals surface area contributed by atoms with Crippen molar-refractivity contribution in [2.75, 3.05) is 19.7 Å². The minimum absolute atomic E-state index is 0.228. The van der Waals surface area contributed by atoms with Crippen LogP contribution in [-0.2, 0) is 0 Å². The van der Waals surface area contributed by atoms with Crippen molar-refractivity contribution in [1.29, 1.82) is 0 Å². The van der Waals surface area contributed by atoms with Gasteiger partial charge in [0.2, 0.25) is 0 Å². The van der Waals surface area contributed by atoms with Crippen LogP contribution in [0.15, 0.2) is 24.3 Å². The zero-order chi connectivity index (χ0) is 7.94. The van der Waals surface area contributed by atoms with Crippen molar-refractivity contribution in [2.45, 2.75) is 6.42 Å². The molecule has 1 aliphatic carbocycles. The highest BCUT2D eigenvalue weighted by Crippen LogP contribution is 2.09. The van der Waals surface area contributed by atoms with Crippen molar-refractivity contribution < 1.29 is 5.11 Å². The monoisotopic (exact) mass is 153 g/mol. The van der Waals surface area contributed by atoms with Crippen molar-refractivity contribution in [1.82, 2.24) is 5.32 Å². The Bertz CT molecular complexity index is 152. The molecule has 0 heterocycles. The van der Waals surface area contributed by atoms with Crippen LogP contribution in [0.4, 0.5) is 0 Å². The first-order chi connectivity index (χ1) is 5.43. The fourth-order valence-corrected chi connectivity index (χ4v) is 1.15. The van der Waals surface area contributed by atoms with Crippen molar-refractivity contribution in [3.05, 3.63) is 24.3 Å². The standard InChI is InChI=1S/C9H15NO/c11-7-6-10-8-9-4-2-1-3-5-9/h1-4,9-11H,5-8H2. The molecule has 0 saturated carbocycles. The van der Waals surface area contributed by atoms with Gasteiger partial charge >= 0.3 is 0 Å². The first-order valence-electron chi connectivity index (χ1n) is 4.08. The molecule has 1 rings (SSSR count). The molecule has 0 aromatic rings. The van der Waals surface area contributed by atoms with E-state index in [1.807, 2.05) is 0 Å². The lowest BCUT2D eigenvalue weighted by molar-refractivity contribution is 0.290. The molecular formula is C9H15NO. The third kappa shape index (κ3) is 3.35. The molecule has 62 valence electrons. The normalized spacial score (nSPS) is 22.5. The van der Waals surface area contributed by atoms with Gasteiger partial charge in [-0.05, 0) is 12.3 Å².